The van der Waals surface area contributed by atoms with Gasteiger partial charge in [-0.25, -0.2) is 0 Å². The number of aliphatic carboxylic acids is 1. The molecule has 0 aromatic rings. The molecule has 0 aliphatic heterocycles. The summed E-state index contributed by atoms with van der Waals surface area (Å²) in [5, 5.41) is 10.1. The molecule has 2 nitrogen and oxygen atoms in total. The van der Waals surface area contributed by atoms with Gasteiger partial charge in [0.15, 0.2) is 0 Å². The first kappa shape index (κ1) is 13.8. The Kier molecular flexibility index (Phi) is 3.03. The van der Waals surface area contributed by atoms with E-state index in [0.717, 1.165) is 38.0 Å². The van der Waals surface area contributed by atoms with Crippen molar-refractivity contribution in [3.8, 4) is 0 Å². The van der Waals surface area contributed by atoms with E-state index >= 15 is 0 Å². The summed E-state index contributed by atoms with van der Waals surface area (Å²) in [6.45, 7) is 2.49. The molecule has 4 aliphatic carbocycles. The Morgan fingerprint density at radius 1 is 1.14 bits per heavy atom. The maximum atomic E-state index is 12.3. The number of hydrogen-bond acceptors (Lipinski definition) is 1. The van der Waals surface area contributed by atoms with Gasteiger partial charge in [-0.1, -0.05) is 25.0 Å². The van der Waals surface area contributed by atoms with Gasteiger partial charge >= 0.3 is 5.97 Å². The van der Waals surface area contributed by atoms with Crippen molar-refractivity contribution >= 4 is 5.97 Å². The molecule has 4 aliphatic rings. The zero-order chi connectivity index (χ0) is 14.7. The van der Waals surface area contributed by atoms with Gasteiger partial charge < -0.3 is 5.11 Å². The molecule has 5 atom stereocenters. The summed E-state index contributed by atoms with van der Waals surface area (Å²) in [6, 6.07) is 0. The SMILES string of the molecule is C[C@@]12CCC[C@H]1[C@@H]1CCC3=CCCC[C@]3(C(=O)O)[C@H]1CC2. The van der Waals surface area contributed by atoms with Crippen molar-refractivity contribution in [1.29, 1.82) is 0 Å². The van der Waals surface area contributed by atoms with Crippen LogP contribution in [0.25, 0.3) is 0 Å². The number of rotatable bonds is 1. The minimum atomic E-state index is -0.509. The third-order valence-corrected chi connectivity index (χ3v) is 7.72. The minimum absolute atomic E-state index is 0.423. The lowest BCUT2D eigenvalue weighted by molar-refractivity contribution is -0.158. The third-order valence-electron chi connectivity index (χ3n) is 7.72. The smallest absolute Gasteiger partial charge is 0.314 e. The summed E-state index contributed by atoms with van der Waals surface area (Å²) in [4.78, 5) is 12.3. The topological polar surface area (TPSA) is 37.3 Å². The van der Waals surface area contributed by atoms with Gasteiger partial charge in [0, 0.05) is 0 Å². The molecule has 0 aromatic heterocycles. The highest BCUT2D eigenvalue weighted by Gasteiger charge is 2.60. The van der Waals surface area contributed by atoms with Crippen molar-refractivity contribution in [2.45, 2.75) is 71.1 Å². The Balaban J connectivity index is 1.75. The first-order chi connectivity index (χ1) is 10.1. The molecular weight excluding hydrogens is 260 g/mol. The maximum absolute atomic E-state index is 12.3. The third kappa shape index (κ3) is 1.74. The summed E-state index contributed by atoms with van der Waals surface area (Å²) in [5.41, 5.74) is 1.34. The molecule has 0 heterocycles. The van der Waals surface area contributed by atoms with E-state index in [1.807, 2.05) is 0 Å². The second-order valence-corrected chi connectivity index (χ2v) is 8.40. The number of carbonyl (C=O) groups is 1. The fourth-order valence-electron chi connectivity index (χ4n) is 6.77. The Hall–Kier alpha value is -0.790. The average Bonchev–Trinajstić information content (AvgIpc) is 2.88. The molecular formula is C19H28O2. The predicted octanol–water partition coefficient (Wildman–Crippen LogP) is 4.79. The van der Waals surface area contributed by atoms with E-state index in [9.17, 15) is 9.90 Å². The monoisotopic (exact) mass is 288 g/mol. The Bertz CT molecular complexity index is 494. The number of carboxylic acid groups (broad SMARTS) is 1. The van der Waals surface area contributed by atoms with Crippen molar-refractivity contribution in [1.82, 2.24) is 0 Å². The summed E-state index contributed by atoms with van der Waals surface area (Å²) < 4.78 is 0. The quantitative estimate of drug-likeness (QED) is 0.704. The largest absolute Gasteiger partial charge is 0.481 e. The summed E-state index contributed by atoms with van der Waals surface area (Å²) in [7, 11) is 0. The molecule has 0 spiro atoms. The van der Waals surface area contributed by atoms with Crippen LogP contribution in [-0.2, 0) is 4.79 Å². The Morgan fingerprint density at radius 3 is 2.81 bits per heavy atom. The van der Waals surface area contributed by atoms with Crippen molar-refractivity contribution in [3.05, 3.63) is 11.6 Å². The highest BCUT2D eigenvalue weighted by molar-refractivity contribution is 5.80. The number of hydrogen-bond donors (Lipinski definition) is 1. The van der Waals surface area contributed by atoms with Crippen LogP contribution in [0.1, 0.15) is 71.1 Å². The van der Waals surface area contributed by atoms with Crippen molar-refractivity contribution in [2.75, 3.05) is 0 Å². The lowest BCUT2D eigenvalue weighted by Gasteiger charge is -2.56. The Labute approximate surface area is 128 Å². The van der Waals surface area contributed by atoms with Gasteiger partial charge in [-0.3, -0.25) is 4.79 Å². The van der Waals surface area contributed by atoms with Crippen molar-refractivity contribution in [3.63, 3.8) is 0 Å². The van der Waals surface area contributed by atoms with E-state index in [0.29, 0.717) is 17.3 Å². The molecule has 4 rings (SSSR count). The van der Waals surface area contributed by atoms with Crippen LogP contribution in [-0.4, -0.2) is 11.1 Å². The van der Waals surface area contributed by atoms with E-state index in [-0.39, 0.29) is 0 Å². The lowest BCUT2D eigenvalue weighted by Crippen LogP contribution is -2.53. The van der Waals surface area contributed by atoms with Crippen LogP contribution >= 0.6 is 0 Å². The molecule has 0 unspecified atom stereocenters. The summed E-state index contributed by atoms with van der Waals surface area (Å²) in [5.74, 6) is 1.39. The van der Waals surface area contributed by atoms with E-state index in [2.05, 4.69) is 13.0 Å². The first-order valence-corrected chi connectivity index (χ1v) is 9.01. The number of fused-ring (bicyclic) bond motifs is 5. The second kappa shape index (κ2) is 4.60. The minimum Gasteiger partial charge on any atom is -0.481 e. The van der Waals surface area contributed by atoms with Crippen LogP contribution in [0, 0.1) is 28.6 Å². The molecule has 0 amide bonds. The standard InChI is InChI=1S/C19H28O2/c1-18-10-4-6-15(18)14-8-7-13-5-2-3-11-19(13,17(20)21)16(14)9-12-18/h5,14-16H,2-4,6-12H2,1H3,(H,20,21)/t14-,15-,16-,18-,19+/m0/s1. The molecule has 0 saturated heterocycles. The normalized spacial score (nSPS) is 48.8. The Morgan fingerprint density at radius 2 is 2.00 bits per heavy atom. The molecule has 2 heteroatoms. The van der Waals surface area contributed by atoms with Gasteiger partial charge in [0.2, 0.25) is 0 Å². The lowest BCUT2D eigenvalue weighted by atomic mass is 9.47. The van der Waals surface area contributed by atoms with E-state index in [4.69, 9.17) is 0 Å². The zero-order valence-electron chi connectivity index (χ0n) is 13.2. The van der Waals surface area contributed by atoms with Crippen LogP contribution < -0.4 is 0 Å². The van der Waals surface area contributed by atoms with Crippen LogP contribution in [0.15, 0.2) is 11.6 Å². The molecule has 0 radical (unpaired) electrons. The van der Waals surface area contributed by atoms with Crippen LogP contribution in [0.2, 0.25) is 0 Å². The number of carboxylic acids is 1. The molecule has 116 valence electrons. The molecule has 3 fully saturated rings. The van der Waals surface area contributed by atoms with Gasteiger partial charge in [-0.15, -0.1) is 0 Å². The van der Waals surface area contributed by atoms with Gasteiger partial charge in [-0.2, -0.15) is 0 Å². The fraction of sp³-hybridized carbons (Fsp3) is 0.842. The van der Waals surface area contributed by atoms with Crippen LogP contribution in [0.5, 0.6) is 0 Å². The predicted molar refractivity (Wildman–Crippen MR) is 82.9 cm³/mol. The summed E-state index contributed by atoms with van der Waals surface area (Å²) >= 11 is 0. The second-order valence-electron chi connectivity index (χ2n) is 8.40. The van der Waals surface area contributed by atoms with Gasteiger partial charge in [0.1, 0.15) is 0 Å². The van der Waals surface area contributed by atoms with E-state index < -0.39 is 11.4 Å². The van der Waals surface area contributed by atoms with E-state index in [1.54, 1.807) is 0 Å². The van der Waals surface area contributed by atoms with Gasteiger partial charge in [-0.05, 0) is 81.0 Å². The molecule has 0 aromatic carbocycles. The van der Waals surface area contributed by atoms with E-state index in [1.165, 1.54) is 37.7 Å². The fourth-order valence-corrected chi connectivity index (χ4v) is 6.77. The first-order valence-electron chi connectivity index (χ1n) is 9.01. The molecule has 21 heavy (non-hydrogen) atoms. The molecule has 0 bridgehead atoms. The number of allylic oxidation sites excluding steroid dienone is 1. The molecule has 3 saturated carbocycles. The van der Waals surface area contributed by atoms with Gasteiger partial charge in [0.05, 0.1) is 5.41 Å². The maximum Gasteiger partial charge on any atom is 0.314 e. The van der Waals surface area contributed by atoms with Crippen LogP contribution in [0.3, 0.4) is 0 Å². The zero-order valence-corrected chi connectivity index (χ0v) is 13.2. The average molecular weight is 288 g/mol. The highest BCUT2D eigenvalue weighted by atomic mass is 16.4. The van der Waals surface area contributed by atoms with Crippen LogP contribution in [0.4, 0.5) is 0 Å². The summed E-state index contributed by atoms with van der Waals surface area (Å²) in [6.07, 6.45) is 14.2. The molecule has 1 N–H and O–H groups in total. The van der Waals surface area contributed by atoms with Gasteiger partial charge in [0.25, 0.3) is 0 Å². The highest BCUT2D eigenvalue weighted by Crippen LogP contribution is 2.65. The van der Waals surface area contributed by atoms with Crippen molar-refractivity contribution in [2.24, 2.45) is 28.6 Å². The van der Waals surface area contributed by atoms with Crippen molar-refractivity contribution < 1.29 is 9.90 Å².